The van der Waals surface area contributed by atoms with Crippen LogP contribution in [-0.2, 0) is 0 Å². The van der Waals surface area contributed by atoms with Gasteiger partial charge in [-0.05, 0) is 47.3 Å². The highest BCUT2D eigenvalue weighted by Crippen LogP contribution is 2.24. The number of hydrogen-bond acceptors (Lipinski definition) is 2. The molecule has 0 unspecified atom stereocenters. The Balaban J connectivity index is 2.09. The molecule has 4 heteroatoms. The lowest BCUT2D eigenvalue weighted by molar-refractivity contribution is 0.572. The van der Waals surface area contributed by atoms with Crippen LogP contribution in [-0.4, -0.2) is 22.5 Å². The van der Waals surface area contributed by atoms with Crippen molar-refractivity contribution in [1.82, 2.24) is 9.38 Å². The van der Waals surface area contributed by atoms with Gasteiger partial charge in [0.2, 0.25) is 0 Å². The molecular weight excluding hydrogens is 266 g/mol. The Morgan fingerprint density at radius 3 is 2.75 bits per heavy atom. The van der Waals surface area contributed by atoms with Crippen LogP contribution in [0.5, 0.6) is 0 Å². The number of piperidine rings is 1. The van der Waals surface area contributed by atoms with Crippen LogP contribution in [0.15, 0.2) is 29.0 Å². The minimum atomic E-state index is 1.01. The van der Waals surface area contributed by atoms with Gasteiger partial charge in [-0.15, -0.1) is 0 Å². The zero-order chi connectivity index (χ0) is 11.0. The summed E-state index contributed by atoms with van der Waals surface area (Å²) in [5.74, 6) is 1.21. The molecule has 16 heavy (non-hydrogen) atoms. The van der Waals surface area contributed by atoms with Crippen LogP contribution in [0.1, 0.15) is 19.3 Å². The summed E-state index contributed by atoms with van der Waals surface area (Å²) < 4.78 is 3.24. The van der Waals surface area contributed by atoms with Crippen LogP contribution in [0.2, 0.25) is 0 Å². The smallest absolute Gasteiger partial charge is 0.139 e. The Morgan fingerprint density at radius 2 is 1.94 bits per heavy atom. The average molecular weight is 280 g/mol. The summed E-state index contributed by atoms with van der Waals surface area (Å²) in [5.41, 5.74) is 1.01. The molecule has 0 aliphatic carbocycles. The lowest BCUT2D eigenvalue weighted by Gasteiger charge is -2.28. The summed E-state index contributed by atoms with van der Waals surface area (Å²) in [6.45, 7) is 2.30. The number of anilines is 1. The highest BCUT2D eigenvalue weighted by atomic mass is 79.9. The van der Waals surface area contributed by atoms with E-state index < -0.39 is 0 Å². The van der Waals surface area contributed by atoms with Crippen molar-refractivity contribution >= 4 is 27.4 Å². The third kappa shape index (κ3) is 1.61. The summed E-state index contributed by atoms with van der Waals surface area (Å²) in [5, 5.41) is 0. The molecule has 0 atom stereocenters. The topological polar surface area (TPSA) is 20.5 Å². The molecular formula is C12H14BrN3. The van der Waals surface area contributed by atoms with Crippen LogP contribution in [0.3, 0.4) is 0 Å². The molecule has 0 spiro atoms. The van der Waals surface area contributed by atoms with Crippen molar-refractivity contribution in [1.29, 1.82) is 0 Å². The van der Waals surface area contributed by atoms with Crippen molar-refractivity contribution in [2.45, 2.75) is 19.3 Å². The largest absolute Gasteiger partial charge is 0.356 e. The SMILES string of the molecule is Brc1cccc2ncc(N3CCCCC3)n12. The van der Waals surface area contributed by atoms with E-state index in [0.29, 0.717) is 0 Å². The molecule has 3 heterocycles. The first-order valence-electron chi connectivity index (χ1n) is 5.73. The fraction of sp³-hybridized carbons (Fsp3) is 0.417. The molecule has 0 bridgehead atoms. The molecule has 2 aromatic rings. The van der Waals surface area contributed by atoms with Crippen molar-refractivity contribution in [3.8, 4) is 0 Å². The molecule has 84 valence electrons. The van der Waals surface area contributed by atoms with Gasteiger partial charge in [0, 0.05) is 13.1 Å². The normalized spacial score (nSPS) is 16.9. The van der Waals surface area contributed by atoms with E-state index in [9.17, 15) is 0 Å². The standard InChI is InChI=1S/C12H14BrN3/c13-10-5-4-6-11-14-9-12(16(10)11)15-7-2-1-3-8-15/h4-6,9H,1-3,7-8H2. The maximum absolute atomic E-state index is 4.45. The van der Waals surface area contributed by atoms with Gasteiger partial charge in [-0.25, -0.2) is 4.98 Å². The molecule has 0 aromatic carbocycles. The second kappa shape index (κ2) is 4.09. The number of nitrogens with zero attached hydrogens (tertiary/aromatic N) is 3. The Hall–Kier alpha value is -1.03. The van der Waals surface area contributed by atoms with E-state index in [1.807, 2.05) is 18.3 Å². The minimum Gasteiger partial charge on any atom is -0.356 e. The van der Waals surface area contributed by atoms with E-state index in [1.54, 1.807) is 0 Å². The number of halogens is 1. The van der Waals surface area contributed by atoms with E-state index in [0.717, 1.165) is 23.3 Å². The van der Waals surface area contributed by atoms with E-state index in [2.05, 4.69) is 36.3 Å². The van der Waals surface area contributed by atoms with Gasteiger partial charge in [0.1, 0.15) is 11.5 Å². The van der Waals surface area contributed by atoms with Crippen molar-refractivity contribution < 1.29 is 0 Å². The molecule has 0 amide bonds. The summed E-state index contributed by atoms with van der Waals surface area (Å²) in [6.07, 6.45) is 5.91. The number of rotatable bonds is 1. The van der Waals surface area contributed by atoms with E-state index in [4.69, 9.17) is 0 Å². The first-order chi connectivity index (χ1) is 7.86. The predicted octanol–water partition coefficient (Wildman–Crippen LogP) is 3.09. The molecule has 0 N–H and O–H groups in total. The van der Waals surface area contributed by atoms with Gasteiger partial charge in [0.25, 0.3) is 0 Å². The van der Waals surface area contributed by atoms with Gasteiger partial charge < -0.3 is 4.90 Å². The minimum absolute atomic E-state index is 1.01. The van der Waals surface area contributed by atoms with Crippen LogP contribution < -0.4 is 4.90 Å². The second-order valence-corrected chi connectivity index (χ2v) is 5.02. The number of fused-ring (bicyclic) bond motifs is 1. The van der Waals surface area contributed by atoms with Gasteiger partial charge in [-0.3, -0.25) is 4.40 Å². The molecule has 1 saturated heterocycles. The van der Waals surface area contributed by atoms with Crippen molar-refractivity contribution in [3.63, 3.8) is 0 Å². The molecule has 1 aliphatic rings. The van der Waals surface area contributed by atoms with Gasteiger partial charge in [0.15, 0.2) is 0 Å². The van der Waals surface area contributed by atoms with E-state index in [-0.39, 0.29) is 0 Å². The van der Waals surface area contributed by atoms with Crippen LogP contribution in [0.4, 0.5) is 5.82 Å². The molecule has 0 saturated carbocycles. The van der Waals surface area contributed by atoms with E-state index in [1.165, 1.54) is 25.1 Å². The zero-order valence-corrected chi connectivity index (χ0v) is 10.7. The van der Waals surface area contributed by atoms with Gasteiger partial charge in [-0.2, -0.15) is 0 Å². The highest BCUT2D eigenvalue weighted by Gasteiger charge is 2.15. The molecule has 2 aromatic heterocycles. The van der Waals surface area contributed by atoms with E-state index >= 15 is 0 Å². The lowest BCUT2D eigenvalue weighted by Crippen LogP contribution is -2.30. The summed E-state index contributed by atoms with van der Waals surface area (Å²) in [4.78, 5) is 6.87. The first-order valence-corrected chi connectivity index (χ1v) is 6.52. The van der Waals surface area contributed by atoms with Gasteiger partial charge >= 0.3 is 0 Å². The summed E-state index contributed by atoms with van der Waals surface area (Å²) >= 11 is 3.59. The van der Waals surface area contributed by atoms with Crippen molar-refractivity contribution in [2.75, 3.05) is 18.0 Å². The Kier molecular flexibility index (Phi) is 2.59. The fourth-order valence-electron chi connectivity index (χ4n) is 2.33. The maximum atomic E-state index is 4.45. The number of hydrogen-bond donors (Lipinski definition) is 0. The third-order valence-electron chi connectivity index (χ3n) is 3.14. The molecule has 3 rings (SSSR count). The number of imidazole rings is 1. The molecule has 3 nitrogen and oxygen atoms in total. The van der Waals surface area contributed by atoms with Gasteiger partial charge in [-0.1, -0.05) is 6.07 Å². The Labute approximate surface area is 103 Å². The second-order valence-electron chi connectivity index (χ2n) is 4.21. The third-order valence-corrected chi connectivity index (χ3v) is 3.76. The summed E-state index contributed by atoms with van der Waals surface area (Å²) in [7, 11) is 0. The van der Waals surface area contributed by atoms with Crippen LogP contribution in [0.25, 0.3) is 5.65 Å². The molecule has 1 fully saturated rings. The first kappa shape index (κ1) is 10.1. The van der Waals surface area contributed by atoms with Crippen molar-refractivity contribution in [3.05, 3.63) is 29.0 Å². The monoisotopic (exact) mass is 279 g/mol. The Morgan fingerprint density at radius 1 is 1.12 bits per heavy atom. The zero-order valence-electron chi connectivity index (χ0n) is 9.06. The quantitative estimate of drug-likeness (QED) is 0.748. The highest BCUT2D eigenvalue weighted by molar-refractivity contribution is 9.10. The van der Waals surface area contributed by atoms with Crippen LogP contribution >= 0.6 is 15.9 Å². The fourth-order valence-corrected chi connectivity index (χ4v) is 2.84. The average Bonchev–Trinajstić information content (AvgIpc) is 2.75. The molecule has 1 aliphatic heterocycles. The predicted molar refractivity (Wildman–Crippen MR) is 69.0 cm³/mol. The number of pyridine rings is 1. The summed E-state index contributed by atoms with van der Waals surface area (Å²) in [6, 6.07) is 6.12. The Bertz CT molecular complexity index is 500. The molecule has 0 radical (unpaired) electrons. The number of aromatic nitrogens is 2. The van der Waals surface area contributed by atoms with Gasteiger partial charge in [0.05, 0.1) is 10.8 Å². The lowest BCUT2D eigenvalue weighted by atomic mass is 10.1. The maximum Gasteiger partial charge on any atom is 0.139 e. The van der Waals surface area contributed by atoms with Crippen molar-refractivity contribution in [2.24, 2.45) is 0 Å². The van der Waals surface area contributed by atoms with Crippen LogP contribution in [0, 0.1) is 0 Å².